The lowest BCUT2D eigenvalue weighted by atomic mass is 10.2. The predicted octanol–water partition coefficient (Wildman–Crippen LogP) is 5.04. The summed E-state index contributed by atoms with van der Waals surface area (Å²) in [6.45, 7) is 2.03. The van der Waals surface area contributed by atoms with Gasteiger partial charge in [0.2, 0.25) is 0 Å². The highest BCUT2D eigenvalue weighted by Gasteiger charge is 2.06. The van der Waals surface area contributed by atoms with E-state index in [1.165, 1.54) is 6.33 Å². The fourth-order valence-corrected chi connectivity index (χ4v) is 2.64. The van der Waals surface area contributed by atoms with E-state index in [2.05, 4.69) is 36.5 Å². The summed E-state index contributed by atoms with van der Waals surface area (Å²) in [7, 11) is 1.65. The zero-order valence-corrected chi connectivity index (χ0v) is 15.0. The molecule has 0 spiro atoms. The minimum absolute atomic E-state index is 0.684. The number of rotatable bonds is 5. The maximum Gasteiger partial charge on any atom is 0.142 e. The van der Waals surface area contributed by atoms with Gasteiger partial charge < -0.3 is 15.4 Å². The van der Waals surface area contributed by atoms with Gasteiger partial charge in [-0.15, -0.1) is 0 Å². The molecule has 3 aromatic rings. The Balaban J connectivity index is 1.84. The molecule has 0 aliphatic rings. The number of hydrogen-bond acceptors (Lipinski definition) is 5. The van der Waals surface area contributed by atoms with Crippen LogP contribution in [0.2, 0.25) is 0 Å². The van der Waals surface area contributed by atoms with Gasteiger partial charge in [0.1, 0.15) is 23.7 Å². The van der Waals surface area contributed by atoms with Crippen LogP contribution < -0.4 is 15.4 Å². The number of aryl methyl sites for hydroxylation is 1. The van der Waals surface area contributed by atoms with E-state index in [1.54, 1.807) is 7.11 Å². The number of anilines is 4. The minimum Gasteiger partial charge on any atom is -0.495 e. The Bertz CT molecular complexity index is 854. The number of methoxy groups -OCH3 is 1. The fourth-order valence-electron chi connectivity index (χ4n) is 2.25. The third-order valence-corrected chi connectivity index (χ3v) is 4.11. The highest BCUT2D eigenvalue weighted by Crippen LogP contribution is 2.29. The molecule has 0 atom stereocenters. The van der Waals surface area contributed by atoms with Crippen LogP contribution in [0.1, 0.15) is 5.56 Å². The average Bonchev–Trinajstić information content (AvgIpc) is 2.58. The standard InChI is InChI=1S/C18H17BrN4O/c1-12-7-8-16(24-2)15(9-12)23-18-10-17(20-11-21-18)22-14-6-4-3-5-13(14)19/h3-11H,1-2H3,(H2,20,21,22,23). The van der Waals surface area contributed by atoms with Crippen molar-refractivity contribution in [3.05, 3.63) is 64.9 Å². The van der Waals surface area contributed by atoms with Crippen molar-refractivity contribution in [2.75, 3.05) is 17.7 Å². The van der Waals surface area contributed by atoms with Crippen LogP contribution in [0.4, 0.5) is 23.0 Å². The Morgan fingerprint density at radius 1 is 0.917 bits per heavy atom. The Labute approximate surface area is 149 Å². The van der Waals surface area contributed by atoms with Gasteiger partial charge >= 0.3 is 0 Å². The largest absolute Gasteiger partial charge is 0.495 e. The van der Waals surface area contributed by atoms with Gasteiger partial charge in [-0.2, -0.15) is 0 Å². The van der Waals surface area contributed by atoms with Gasteiger partial charge in [0.25, 0.3) is 0 Å². The fraction of sp³-hybridized carbons (Fsp3) is 0.111. The van der Waals surface area contributed by atoms with Gasteiger partial charge in [0, 0.05) is 10.5 Å². The molecule has 122 valence electrons. The van der Waals surface area contributed by atoms with Crippen molar-refractivity contribution >= 4 is 38.9 Å². The van der Waals surface area contributed by atoms with Gasteiger partial charge in [-0.25, -0.2) is 9.97 Å². The van der Waals surface area contributed by atoms with Crippen LogP contribution in [0.3, 0.4) is 0 Å². The Hall–Kier alpha value is -2.60. The van der Waals surface area contributed by atoms with E-state index in [4.69, 9.17) is 4.74 Å². The molecule has 24 heavy (non-hydrogen) atoms. The molecule has 2 aromatic carbocycles. The molecule has 6 heteroatoms. The molecule has 1 heterocycles. The monoisotopic (exact) mass is 384 g/mol. The number of aromatic nitrogens is 2. The molecule has 1 aromatic heterocycles. The molecule has 3 rings (SSSR count). The molecule has 0 aliphatic carbocycles. The van der Waals surface area contributed by atoms with Crippen LogP contribution in [0.15, 0.2) is 59.3 Å². The topological polar surface area (TPSA) is 59.1 Å². The van der Waals surface area contributed by atoms with Crippen LogP contribution >= 0.6 is 15.9 Å². The van der Waals surface area contributed by atoms with Crippen LogP contribution in [-0.4, -0.2) is 17.1 Å². The van der Waals surface area contributed by atoms with Crippen molar-refractivity contribution in [2.45, 2.75) is 6.92 Å². The van der Waals surface area contributed by atoms with Gasteiger partial charge in [-0.1, -0.05) is 18.2 Å². The predicted molar refractivity (Wildman–Crippen MR) is 100 cm³/mol. The number of nitrogens with one attached hydrogen (secondary N) is 2. The Kier molecular flexibility index (Phi) is 4.96. The lowest BCUT2D eigenvalue weighted by molar-refractivity contribution is 0.416. The van der Waals surface area contributed by atoms with Gasteiger partial charge in [0.15, 0.2) is 0 Å². The SMILES string of the molecule is COc1ccc(C)cc1Nc1cc(Nc2ccccc2Br)ncn1. The summed E-state index contributed by atoms with van der Waals surface area (Å²) in [5.74, 6) is 2.15. The smallest absolute Gasteiger partial charge is 0.142 e. The molecule has 0 fully saturated rings. The molecule has 0 saturated heterocycles. The minimum atomic E-state index is 0.684. The van der Waals surface area contributed by atoms with Crippen molar-refractivity contribution in [2.24, 2.45) is 0 Å². The summed E-state index contributed by atoms with van der Waals surface area (Å²) in [6, 6.07) is 15.7. The van der Waals surface area contributed by atoms with Crippen molar-refractivity contribution < 1.29 is 4.74 Å². The molecule has 2 N–H and O–H groups in total. The maximum atomic E-state index is 5.39. The molecule has 0 saturated carbocycles. The van der Waals surface area contributed by atoms with Gasteiger partial charge in [-0.05, 0) is 52.7 Å². The first-order valence-electron chi connectivity index (χ1n) is 7.41. The highest BCUT2D eigenvalue weighted by atomic mass is 79.9. The van der Waals surface area contributed by atoms with E-state index in [0.717, 1.165) is 27.2 Å². The first kappa shape index (κ1) is 16.3. The Morgan fingerprint density at radius 2 is 1.62 bits per heavy atom. The summed E-state index contributed by atoms with van der Waals surface area (Å²) >= 11 is 3.51. The summed E-state index contributed by atoms with van der Waals surface area (Å²) in [5.41, 5.74) is 2.94. The summed E-state index contributed by atoms with van der Waals surface area (Å²) in [4.78, 5) is 8.54. The van der Waals surface area contributed by atoms with Crippen molar-refractivity contribution in [1.82, 2.24) is 9.97 Å². The van der Waals surface area contributed by atoms with E-state index in [9.17, 15) is 0 Å². The van der Waals surface area contributed by atoms with E-state index in [-0.39, 0.29) is 0 Å². The van der Waals surface area contributed by atoms with E-state index in [0.29, 0.717) is 11.6 Å². The number of benzene rings is 2. The van der Waals surface area contributed by atoms with Gasteiger partial charge in [-0.3, -0.25) is 0 Å². The summed E-state index contributed by atoms with van der Waals surface area (Å²) < 4.78 is 6.36. The van der Waals surface area contributed by atoms with E-state index < -0.39 is 0 Å². The number of para-hydroxylation sites is 1. The van der Waals surface area contributed by atoms with Gasteiger partial charge in [0.05, 0.1) is 18.5 Å². The van der Waals surface area contributed by atoms with Crippen LogP contribution in [-0.2, 0) is 0 Å². The third-order valence-electron chi connectivity index (χ3n) is 3.42. The number of hydrogen-bond donors (Lipinski definition) is 2. The number of halogens is 1. The average molecular weight is 385 g/mol. The Morgan fingerprint density at radius 3 is 2.33 bits per heavy atom. The molecular formula is C18H17BrN4O. The second-order valence-electron chi connectivity index (χ2n) is 5.22. The quantitative estimate of drug-likeness (QED) is 0.644. The number of nitrogens with zero attached hydrogens (tertiary/aromatic N) is 2. The second-order valence-corrected chi connectivity index (χ2v) is 6.08. The van der Waals surface area contributed by atoms with Crippen molar-refractivity contribution in [1.29, 1.82) is 0 Å². The van der Waals surface area contributed by atoms with Crippen LogP contribution in [0.5, 0.6) is 5.75 Å². The normalized spacial score (nSPS) is 10.3. The van der Waals surface area contributed by atoms with E-state index >= 15 is 0 Å². The highest BCUT2D eigenvalue weighted by molar-refractivity contribution is 9.10. The number of ether oxygens (including phenoxy) is 1. The lowest BCUT2D eigenvalue weighted by Gasteiger charge is -2.12. The molecule has 0 unspecified atom stereocenters. The molecule has 0 radical (unpaired) electrons. The molecule has 0 bridgehead atoms. The molecule has 5 nitrogen and oxygen atoms in total. The zero-order valence-electron chi connectivity index (χ0n) is 13.4. The van der Waals surface area contributed by atoms with Crippen LogP contribution in [0, 0.1) is 6.92 Å². The third kappa shape index (κ3) is 3.83. The summed E-state index contributed by atoms with van der Waals surface area (Å²) in [6.07, 6.45) is 1.52. The molecule has 0 aliphatic heterocycles. The first-order chi connectivity index (χ1) is 11.7. The first-order valence-corrected chi connectivity index (χ1v) is 8.20. The molecule has 0 amide bonds. The van der Waals surface area contributed by atoms with E-state index in [1.807, 2.05) is 55.5 Å². The maximum absolute atomic E-state index is 5.39. The van der Waals surface area contributed by atoms with Crippen molar-refractivity contribution in [3.8, 4) is 5.75 Å². The lowest BCUT2D eigenvalue weighted by Crippen LogP contribution is -2.00. The van der Waals surface area contributed by atoms with Crippen molar-refractivity contribution in [3.63, 3.8) is 0 Å². The second kappa shape index (κ2) is 7.31. The zero-order chi connectivity index (χ0) is 16.9. The summed E-state index contributed by atoms with van der Waals surface area (Å²) in [5, 5.41) is 6.55. The molecular weight excluding hydrogens is 368 g/mol. The van der Waals surface area contributed by atoms with Crippen LogP contribution in [0.25, 0.3) is 0 Å².